The Labute approximate surface area is 182 Å². The van der Waals surface area contributed by atoms with E-state index in [9.17, 15) is 8.42 Å². The van der Waals surface area contributed by atoms with Crippen LogP contribution in [0, 0.1) is 0 Å². The second kappa shape index (κ2) is 7.52. The number of fused-ring (bicyclic) bond motifs is 1. The molecule has 3 aliphatic rings. The second-order valence-electron chi connectivity index (χ2n) is 8.66. The first-order chi connectivity index (χ1) is 14.3. The van der Waals surface area contributed by atoms with Gasteiger partial charge in [-0.1, -0.05) is 30.2 Å². The molecule has 2 aromatic carbocycles. The normalized spacial score (nSPS) is 21.7. The van der Waals surface area contributed by atoms with Crippen LogP contribution < -0.4 is 4.74 Å². The summed E-state index contributed by atoms with van der Waals surface area (Å²) in [4.78, 5) is 2.73. The summed E-state index contributed by atoms with van der Waals surface area (Å²) in [5, 5.41) is 0.234. The number of hydrogen-bond acceptors (Lipinski definition) is 5. The molecule has 1 saturated carbocycles. The van der Waals surface area contributed by atoms with Crippen molar-refractivity contribution in [1.82, 2.24) is 4.90 Å². The third-order valence-corrected chi connectivity index (χ3v) is 8.24. The van der Waals surface area contributed by atoms with Gasteiger partial charge in [0.05, 0.1) is 16.5 Å². The fourth-order valence-electron chi connectivity index (χ4n) is 4.62. The van der Waals surface area contributed by atoms with Crippen molar-refractivity contribution >= 4 is 21.4 Å². The van der Waals surface area contributed by atoms with E-state index in [-0.39, 0.29) is 9.92 Å². The monoisotopic (exact) mass is 447 g/mol. The third-order valence-electron chi connectivity index (χ3n) is 6.66. The van der Waals surface area contributed by atoms with Gasteiger partial charge >= 0.3 is 0 Å². The molecule has 2 aliphatic heterocycles. The van der Waals surface area contributed by atoms with Crippen molar-refractivity contribution in [3.05, 3.63) is 47.0 Å². The van der Waals surface area contributed by atoms with Crippen LogP contribution in [0.25, 0.3) is 11.1 Å². The van der Waals surface area contributed by atoms with Crippen molar-refractivity contribution in [2.75, 3.05) is 19.3 Å². The molecule has 0 amide bonds. The molecule has 0 N–H and O–H groups in total. The number of rotatable bonds is 3. The fourth-order valence-corrected chi connectivity index (χ4v) is 5.95. The van der Waals surface area contributed by atoms with Crippen LogP contribution in [0.15, 0.2) is 41.3 Å². The highest BCUT2D eigenvalue weighted by molar-refractivity contribution is 7.90. The largest absolute Gasteiger partial charge is 0.462 e. The summed E-state index contributed by atoms with van der Waals surface area (Å²) in [6.45, 7) is 2.58. The highest BCUT2D eigenvalue weighted by Gasteiger charge is 2.42. The van der Waals surface area contributed by atoms with E-state index in [0.29, 0.717) is 6.61 Å². The first-order valence-corrected chi connectivity index (χ1v) is 12.8. The SMILES string of the molecule is CS(=O)(=O)c1ccc(-c2ccc3c(c2)COC2(CCN(C4CCC4)CC2)O3)cc1Cl. The molecule has 2 aromatic rings. The molecule has 2 fully saturated rings. The Kier molecular flexibility index (Phi) is 5.09. The Morgan fingerprint density at radius 2 is 1.77 bits per heavy atom. The van der Waals surface area contributed by atoms with Crippen LogP contribution in [-0.4, -0.2) is 44.5 Å². The second-order valence-corrected chi connectivity index (χ2v) is 11.1. The zero-order valence-electron chi connectivity index (χ0n) is 17.1. The molecule has 5 rings (SSSR count). The van der Waals surface area contributed by atoms with Gasteiger partial charge in [0.1, 0.15) is 5.75 Å². The molecule has 0 radical (unpaired) electrons. The van der Waals surface area contributed by atoms with Gasteiger partial charge in [0, 0.05) is 43.8 Å². The summed E-state index contributed by atoms with van der Waals surface area (Å²) in [5.41, 5.74) is 2.82. The number of ether oxygens (including phenoxy) is 2. The molecule has 5 nitrogen and oxygen atoms in total. The van der Waals surface area contributed by atoms with Crippen LogP contribution in [0.4, 0.5) is 0 Å². The topological polar surface area (TPSA) is 55.8 Å². The van der Waals surface area contributed by atoms with Crippen molar-refractivity contribution in [3.8, 4) is 16.9 Å². The maximum Gasteiger partial charge on any atom is 0.213 e. The minimum Gasteiger partial charge on any atom is -0.462 e. The molecular formula is C23H26ClNO4S. The van der Waals surface area contributed by atoms with Crippen molar-refractivity contribution in [3.63, 3.8) is 0 Å². The summed E-state index contributed by atoms with van der Waals surface area (Å²) < 4.78 is 36.2. The van der Waals surface area contributed by atoms with Crippen molar-refractivity contribution in [2.24, 2.45) is 0 Å². The number of benzene rings is 2. The zero-order chi connectivity index (χ0) is 20.9. The van der Waals surface area contributed by atoms with E-state index in [2.05, 4.69) is 4.90 Å². The lowest BCUT2D eigenvalue weighted by Crippen LogP contribution is -2.54. The number of nitrogens with zero attached hydrogens (tertiary/aromatic N) is 1. The van der Waals surface area contributed by atoms with Crippen molar-refractivity contribution in [2.45, 2.75) is 55.4 Å². The molecular weight excluding hydrogens is 422 g/mol. The highest BCUT2D eigenvalue weighted by atomic mass is 35.5. The van der Waals surface area contributed by atoms with E-state index in [1.807, 2.05) is 18.2 Å². The lowest BCUT2D eigenvalue weighted by Gasteiger charge is -2.47. The van der Waals surface area contributed by atoms with Crippen molar-refractivity contribution in [1.29, 1.82) is 0 Å². The first-order valence-electron chi connectivity index (χ1n) is 10.5. The van der Waals surface area contributed by atoms with E-state index in [0.717, 1.165) is 60.7 Å². The number of sulfone groups is 1. The first kappa shape index (κ1) is 20.3. The smallest absolute Gasteiger partial charge is 0.213 e. The Balaban J connectivity index is 1.33. The number of hydrogen-bond donors (Lipinski definition) is 0. The van der Waals surface area contributed by atoms with Gasteiger partial charge < -0.3 is 9.47 Å². The Hall–Kier alpha value is -1.60. The van der Waals surface area contributed by atoms with Gasteiger partial charge in [0.2, 0.25) is 5.79 Å². The Morgan fingerprint density at radius 1 is 1.07 bits per heavy atom. The zero-order valence-corrected chi connectivity index (χ0v) is 18.6. The highest BCUT2D eigenvalue weighted by Crippen LogP contribution is 2.41. The molecule has 0 atom stereocenters. The predicted molar refractivity (Wildman–Crippen MR) is 117 cm³/mol. The average Bonchev–Trinajstić information content (AvgIpc) is 2.67. The summed E-state index contributed by atoms with van der Waals surface area (Å²) in [6, 6.07) is 11.8. The van der Waals surface area contributed by atoms with Crippen LogP contribution in [0.1, 0.15) is 37.7 Å². The molecule has 1 aliphatic carbocycles. The van der Waals surface area contributed by atoms with Gasteiger partial charge in [-0.25, -0.2) is 8.42 Å². The lowest BCUT2D eigenvalue weighted by molar-refractivity contribution is -0.231. The maximum absolute atomic E-state index is 11.8. The lowest BCUT2D eigenvalue weighted by atomic mass is 9.89. The number of halogens is 1. The third kappa shape index (κ3) is 3.75. The maximum atomic E-state index is 11.8. The minimum atomic E-state index is -3.35. The van der Waals surface area contributed by atoms with Gasteiger partial charge in [-0.3, -0.25) is 4.90 Å². The van der Waals surface area contributed by atoms with Crippen molar-refractivity contribution < 1.29 is 17.9 Å². The van der Waals surface area contributed by atoms with E-state index < -0.39 is 15.6 Å². The van der Waals surface area contributed by atoms with Crippen LogP contribution in [0.2, 0.25) is 5.02 Å². The van der Waals surface area contributed by atoms with E-state index in [4.69, 9.17) is 21.1 Å². The van der Waals surface area contributed by atoms with Crippen LogP contribution in [0.3, 0.4) is 0 Å². The standard InChI is InChI=1S/C23H26ClNO4S/c1-30(26,27)22-8-6-17(14-20(22)24)16-5-7-21-18(13-16)15-28-23(29-21)9-11-25(12-10-23)19-3-2-4-19/h5-8,13-14,19H,2-4,9-12,15H2,1H3. The summed E-state index contributed by atoms with van der Waals surface area (Å²) in [7, 11) is -3.35. The van der Waals surface area contributed by atoms with Crippen LogP contribution in [0.5, 0.6) is 5.75 Å². The Morgan fingerprint density at radius 3 is 2.40 bits per heavy atom. The number of piperidine rings is 1. The minimum absolute atomic E-state index is 0.146. The summed E-state index contributed by atoms with van der Waals surface area (Å²) in [5.74, 6) is 0.371. The molecule has 0 unspecified atom stereocenters. The molecule has 0 bridgehead atoms. The number of likely N-dealkylation sites (tertiary alicyclic amines) is 1. The van der Waals surface area contributed by atoms with Gasteiger partial charge in [-0.15, -0.1) is 0 Å². The van der Waals surface area contributed by atoms with Crippen LogP contribution >= 0.6 is 11.6 Å². The van der Waals surface area contributed by atoms with E-state index >= 15 is 0 Å². The average molecular weight is 448 g/mol. The molecule has 160 valence electrons. The van der Waals surface area contributed by atoms with Gasteiger partial charge in [-0.05, 0) is 48.2 Å². The molecule has 30 heavy (non-hydrogen) atoms. The van der Waals surface area contributed by atoms with Gasteiger partial charge in [0.25, 0.3) is 0 Å². The summed E-state index contributed by atoms with van der Waals surface area (Å²) >= 11 is 6.22. The Bertz CT molecular complexity index is 1070. The molecule has 1 saturated heterocycles. The predicted octanol–water partition coefficient (Wildman–Crippen LogP) is 4.66. The van der Waals surface area contributed by atoms with Crippen LogP contribution in [-0.2, 0) is 21.2 Å². The quantitative estimate of drug-likeness (QED) is 0.684. The molecule has 0 aromatic heterocycles. The molecule has 1 spiro atoms. The van der Waals surface area contributed by atoms with Gasteiger partial charge in [0.15, 0.2) is 9.84 Å². The molecule has 7 heteroatoms. The summed E-state index contributed by atoms with van der Waals surface area (Å²) in [6.07, 6.45) is 6.97. The van der Waals surface area contributed by atoms with E-state index in [1.54, 1.807) is 18.2 Å². The van der Waals surface area contributed by atoms with E-state index in [1.165, 1.54) is 19.3 Å². The fraction of sp³-hybridized carbons (Fsp3) is 0.478. The molecule has 2 heterocycles. The van der Waals surface area contributed by atoms with Gasteiger partial charge in [-0.2, -0.15) is 0 Å².